The van der Waals surface area contributed by atoms with Crippen LogP contribution < -0.4 is 0 Å². The van der Waals surface area contributed by atoms with Crippen LogP contribution >= 0.6 is 0 Å². The minimum atomic E-state index is -0.144. The lowest BCUT2D eigenvalue weighted by molar-refractivity contribution is 0.188. The Kier molecular flexibility index (Phi) is 3.80. The van der Waals surface area contributed by atoms with E-state index < -0.39 is 0 Å². The van der Waals surface area contributed by atoms with Gasteiger partial charge >= 0.3 is 0 Å². The van der Waals surface area contributed by atoms with E-state index in [4.69, 9.17) is 0 Å². The summed E-state index contributed by atoms with van der Waals surface area (Å²) in [6, 6.07) is 0. The second-order valence-corrected chi connectivity index (χ2v) is 4.16. The first-order valence-corrected chi connectivity index (χ1v) is 5.07. The first-order valence-electron chi connectivity index (χ1n) is 5.07. The van der Waals surface area contributed by atoms with E-state index in [9.17, 15) is 5.11 Å². The monoisotopic (exact) mass is 168 g/mol. The van der Waals surface area contributed by atoms with Gasteiger partial charge in [-0.2, -0.15) is 0 Å². The van der Waals surface area contributed by atoms with E-state index in [0.29, 0.717) is 5.92 Å². The van der Waals surface area contributed by atoms with Crippen LogP contribution in [0.5, 0.6) is 0 Å². The highest BCUT2D eigenvalue weighted by Crippen LogP contribution is 2.23. The molecule has 1 heteroatoms. The van der Waals surface area contributed by atoms with E-state index in [2.05, 4.69) is 19.9 Å². The molecule has 1 atom stereocenters. The first-order chi connectivity index (χ1) is 5.70. The summed E-state index contributed by atoms with van der Waals surface area (Å²) in [5.74, 6) is 0.710. The highest BCUT2D eigenvalue weighted by Gasteiger charge is 2.13. The molecule has 12 heavy (non-hydrogen) atoms. The molecule has 1 aliphatic rings. The fraction of sp³-hybridized carbons (Fsp3) is 0.818. The van der Waals surface area contributed by atoms with Gasteiger partial charge < -0.3 is 5.11 Å². The number of aliphatic hydroxyl groups is 1. The van der Waals surface area contributed by atoms with Gasteiger partial charge in [0.1, 0.15) is 0 Å². The van der Waals surface area contributed by atoms with Gasteiger partial charge in [0.15, 0.2) is 0 Å². The molecule has 0 amide bonds. The minimum Gasteiger partial charge on any atom is -0.389 e. The number of aliphatic hydroxyl groups excluding tert-OH is 1. The molecule has 0 aromatic rings. The zero-order valence-corrected chi connectivity index (χ0v) is 8.21. The van der Waals surface area contributed by atoms with Crippen LogP contribution in [0.1, 0.15) is 46.0 Å². The van der Waals surface area contributed by atoms with Crippen molar-refractivity contribution in [2.75, 3.05) is 0 Å². The molecule has 0 bridgehead atoms. The van der Waals surface area contributed by atoms with Gasteiger partial charge in [-0.05, 0) is 43.6 Å². The second-order valence-electron chi connectivity index (χ2n) is 4.16. The topological polar surface area (TPSA) is 20.2 Å². The maximum absolute atomic E-state index is 9.73. The molecule has 0 aromatic carbocycles. The zero-order chi connectivity index (χ0) is 8.97. The van der Waals surface area contributed by atoms with Crippen LogP contribution in [0.25, 0.3) is 0 Å². The van der Waals surface area contributed by atoms with Gasteiger partial charge in [-0.1, -0.05) is 19.9 Å². The van der Waals surface area contributed by atoms with Gasteiger partial charge in [-0.3, -0.25) is 0 Å². The Labute approximate surface area is 75.5 Å². The molecule has 0 aliphatic heterocycles. The summed E-state index contributed by atoms with van der Waals surface area (Å²) < 4.78 is 0. The third kappa shape index (κ3) is 2.98. The summed E-state index contributed by atoms with van der Waals surface area (Å²) in [5, 5.41) is 9.73. The summed E-state index contributed by atoms with van der Waals surface area (Å²) in [4.78, 5) is 0. The largest absolute Gasteiger partial charge is 0.389 e. The van der Waals surface area contributed by atoms with Gasteiger partial charge in [-0.15, -0.1) is 0 Å². The smallest absolute Gasteiger partial charge is 0.0750 e. The summed E-state index contributed by atoms with van der Waals surface area (Å²) in [6.45, 7) is 4.41. The van der Waals surface area contributed by atoms with Gasteiger partial charge in [-0.25, -0.2) is 0 Å². The Hall–Kier alpha value is -0.300. The zero-order valence-electron chi connectivity index (χ0n) is 8.21. The molecule has 0 radical (unpaired) electrons. The van der Waals surface area contributed by atoms with Gasteiger partial charge in [0.25, 0.3) is 0 Å². The van der Waals surface area contributed by atoms with Crippen molar-refractivity contribution in [2.24, 2.45) is 5.92 Å². The van der Waals surface area contributed by atoms with Crippen molar-refractivity contribution >= 4 is 0 Å². The molecule has 1 unspecified atom stereocenters. The van der Waals surface area contributed by atoms with Crippen molar-refractivity contribution in [1.29, 1.82) is 0 Å². The molecule has 1 N–H and O–H groups in total. The van der Waals surface area contributed by atoms with E-state index in [1.165, 1.54) is 18.4 Å². The lowest BCUT2D eigenvalue weighted by Crippen LogP contribution is -2.09. The molecule has 1 rings (SSSR count). The fourth-order valence-electron chi connectivity index (χ4n) is 1.67. The fourth-order valence-corrected chi connectivity index (χ4v) is 1.67. The van der Waals surface area contributed by atoms with E-state index >= 15 is 0 Å². The van der Waals surface area contributed by atoms with Crippen LogP contribution in [0.3, 0.4) is 0 Å². The Morgan fingerprint density at radius 1 is 1.42 bits per heavy atom. The highest BCUT2D eigenvalue weighted by atomic mass is 16.3. The summed E-state index contributed by atoms with van der Waals surface area (Å²) in [6.07, 6.45) is 7.70. The average molecular weight is 168 g/mol. The molecule has 0 saturated carbocycles. The molecule has 0 aromatic heterocycles. The van der Waals surface area contributed by atoms with Crippen LogP contribution in [-0.2, 0) is 0 Å². The third-order valence-electron chi connectivity index (χ3n) is 2.52. The molecule has 1 aliphatic carbocycles. The Bertz CT molecular complexity index is 158. The standard InChI is InChI=1S/C11H20O/c1-9(2)7-8-11(12)10-5-3-4-6-10/h5,9,11-12H,3-4,6-8H2,1-2H3. The van der Waals surface area contributed by atoms with E-state index in [1.807, 2.05) is 0 Å². The predicted octanol–water partition coefficient (Wildman–Crippen LogP) is 2.89. The van der Waals surface area contributed by atoms with E-state index in [-0.39, 0.29) is 6.10 Å². The SMILES string of the molecule is CC(C)CCC(O)C1=CCCC1. The molecular weight excluding hydrogens is 148 g/mol. The molecule has 0 saturated heterocycles. The quantitative estimate of drug-likeness (QED) is 0.640. The number of hydrogen-bond donors (Lipinski definition) is 1. The van der Waals surface area contributed by atoms with Crippen molar-refractivity contribution < 1.29 is 5.11 Å². The Morgan fingerprint density at radius 2 is 2.17 bits per heavy atom. The lowest BCUT2D eigenvalue weighted by atomic mass is 10.00. The second kappa shape index (κ2) is 4.66. The number of rotatable bonds is 4. The lowest BCUT2D eigenvalue weighted by Gasteiger charge is -2.12. The molecule has 1 nitrogen and oxygen atoms in total. The van der Waals surface area contributed by atoms with Gasteiger partial charge in [0, 0.05) is 0 Å². The summed E-state index contributed by atoms with van der Waals surface area (Å²) >= 11 is 0. The summed E-state index contributed by atoms with van der Waals surface area (Å²) in [7, 11) is 0. The van der Waals surface area contributed by atoms with Crippen LogP contribution in [-0.4, -0.2) is 11.2 Å². The third-order valence-corrected chi connectivity index (χ3v) is 2.52. The number of allylic oxidation sites excluding steroid dienone is 1. The van der Waals surface area contributed by atoms with Gasteiger partial charge in [0.2, 0.25) is 0 Å². The van der Waals surface area contributed by atoms with Crippen LogP contribution in [0.4, 0.5) is 0 Å². The molecule has 70 valence electrons. The van der Waals surface area contributed by atoms with Crippen molar-refractivity contribution in [3.63, 3.8) is 0 Å². The van der Waals surface area contributed by atoms with Crippen LogP contribution in [0.15, 0.2) is 11.6 Å². The summed E-state index contributed by atoms with van der Waals surface area (Å²) in [5.41, 5.74) is 1.29. The minimum absolute atomic E-state index is 0.144. The normalized spacial score (nSPS) is 19.8. The highest BCUT2D eigenvalue weighted by molar-refractivity contribution is 5.12. The molecule has 0 spiro atoms. The molecule has 0 heterocycles. The van der Waals surface area contributed by atoms with E-state index in [1.54, 1.807) is 0 Å². The Balaban J connectivity index is 2.23. The Morgan fingerprint density at radius 3 is 2.67 bits per heavy atom. The first kappa shape index (κ1) is 9.79. The van der Waals surface area contributed by atoms with Crippen LogP contribution in [0.2, 0.25) is 0 Å². The van der Waals surface area contributed by atoms with Crippen molar-refractivity contribution in [3.05, 3.63) is 11.6 Å². The molecular formula is C11H20O. The average Bonchev–Trinajstić information content (AvgIpc) is 2.51. The van der Waals surface area contributed by atoms with E-state index in [0.717, 1.165) is 19.3 Å². The van der Waals surface area contributed by atoms with Crippen molar-refractivity contribution in [3.8, 4) is 0 Å². The van der Waals surface area contributed by atoms with Crippen LogP contribution in [0, 0.1) is 5.92 Å². The number of hydrogen-bond acceptors (Lipinski definition) is 1. The molecule has 0 fully saturated rings. The predicted molar refractivity (Wildman–Crippen MR) is 52.0 cm³/mol. The van der Waals surface area contributed by atoms with Crippen molar-refractivity contribution in [1.82, 2.24) is 0 Å². The van der Waals surface area contributed by atoms with Gasteiger partial charge in [0.05, 0.1) is 6.10 Å². The maximum Gasteiger partial charge on any atom is 0.0750 e. The maximum atomic E-state index is 9.73. The van der Waals surface area contributed by atoms with Crippen molar-refractivity contribution in [2.45, 2.75) is 52.1 Å².